The standard InChI is InChI=1S/C13H19N5O/c1-10-8-11(9-14)18-13(17-10)16-6-7-19-12-2-4-15-5-3-12/h8,12,15H,2-7H2,1H3,(H,16,17,18). The third-order valence-corrected chi connectivity index (χ3v) is 2.99. The second-order valence-electron chi connectivity index (χ2n) is 4.58. The minimum Gasteiger partial charge on any atom is -0.376 e. The van der Waals surface area contributed by atoms with Crippen LogP contribution in [0.5, 0.6) is 0 Å². The van der Waals surface area contributed by atoms with Gasteiger partial charge in [-0.05, 0) is 38.9 Å². The first kappa shape index (κ1) is 13.7. The van der Waals surface area contributed by atoms with E-state index in [1.807, 2.05) is 13.0 Å². The largest absolute Gasteiger partial charge is 0.376 e. The quantitative estimate of drug-likeness (QED) is 0.764. The van der Waals surface area contributed by atoms with Crippen LogP contribution in [-0.2, 0) is 4.74 Å². The van der Waals surface area contributed by atoms with Gasteiger partial charge in [0.2, 0.25) is 5.95 Å². The van der Waals surface area contributed by atoms with E-state index in [4.69, 9.17) is 10.00 Å². The Balaban J connectivity index is 1.73. The second kappa shape index (κ2) is 7.02. The highest BCUT2D eigenvalue weighted by atomic mass is 16.5. The number of piperidine rings is 1. The molecule has 19 heavy (non-hydrogen) atoms. The Kier molecular flexibility index (Phi) is 5.07. The summed E-state index contributed by atoms with van der Waals surface area (Å²) < 4.78 is 5.77. The summed E-state index contributed by atoms with van der Waals surface area (Å²) in [6.07, 6.45) is 2.50. The monoisotopic (exact) mass is 261 g/mol. The predicted octanol–water partition coefficient (Wildman–Crippen LogP) is 0.837. The lowest BCUT2D eigenvalue weighted by molar-refractivity contribution is 0.0393. The molecule has 1 aliphatic rings. The zero-order valence-electron chi connectivity index (χ0n) is 11.1. The average Bonchev–Trinajstić information content (AvgIpc) is 2.44. The lowest BCUT2D eigenvalue weighted by Gasteiger charge is -2.22. The van der Waals surface area contributed by atoms with Gasteiger partial charge in [0.15, 0.2) is 0 Å². The lowest BCUT2D eigenvalue weighted by Crippen LogP contribution is -2.33. The molecule has 0 spiro atoms. The minimum atomic E-state index is 0.358. The fraction of sp³-hybridized carbons (Fsp3) is 0.615. The highest BCUT2D eigenvalue weighted by Gasteiger charge is 2.12. The highest BCUT2D eigenvalue weighted by molar-refractivity contribution is 5.32. The van der Waals surface area contributed by atoms with Crippen LogP contribution < -0.4 is 10.6 Å². The van der Waals surface area contributed by atoms with E-state index in [1.165, 1.54) is 0 Å². The molecular formula is C13H19N5O. The van der Waals surface area contributed by atoms with Gasteiger partial charge in [0.1, 0.15) is 11.8 Å². The van der Waals surface area contributed by atoms with Crippen LogP contribution in [0.3, 0.4) is 0 Å². The summed E-state index contributed by atoms with van der Waals surface area (Å²) in [6.45, 7) is 5.19. The van der Waals surface area contributed by atoms with Crippen molar-refractivity contribution in [2.45, 2.75) is 25.9 Å². The molecule has 1 aromatic rings. The van der Waals surface area contributed by atoms with E-state index in [-0.39, 0.29) is 0 Å². The molecule has 2 rings (SSSR count). The molecule has 0 saturated carbocycles. The van der Waals surface area contributed by atoms with Gasteiger partial charge in [0, 0.05) is 12.2 Å². The van der Waals surface area contributed by atoms with Crippen molar-refractivity contribution in [2.75, 3.05) is 31.6 Å². The van der Waals surface area contributed by atoms with Gasteiger partial charge in [-0.25, -0.2) is 9.97 Å². The topological polar surface area (TPSA) is 82.9 Å². The highest BCUT2D eigenvalue weighted by Crippen LogP contribution is 2.07. The second-order valence-corrected chi connectivity index (χ2v) is 4.58. The van der Waals surface area contributed by atoms with Gasteiger partial charge in [0.05, 0.1) is 12.7 Å². The SMILES string of the molecule is Cc1cc(C#N)nc(NCCOC2CCNCC2)n1. The Bertz CT molecular complexity index is 451. The molecule has 0 aromatic carbocycles. The van der Waals surface area contributed by atoms with Gasteiger partial charge in [-0.3, -0.25) is 0 Å². The number of rotatable bonds is 5. The van der Waals surface area contributed by atoms with Crippen molar-refractivity contribution in [3.05, 3.63) is 17.5 Å². The molecule has 2 heterocycles. The van der Waals surface area contributed by atoms with Crippen LogP contribution in [-0.4, -0.2) is 42.3 Å². The number of hydrogen-bond donors (Lipinski definition) is 2. The van der Waals surface area contributed by atoms with Crippen LogP contribution in [0.1, 0.15) is 24.2 Å². The van der Waals surface area contributed by atoms with Crippen LogP contribution in [0.15, 0.2) is 6.07 Å². The molecule has 0 aliphatic carbocycles. The predicted molar refractivity (Wildman–Crippen MR) is 71.8 cm³/mol. The Morgan fingerprint density at radius 2 is 2.26 bits per heavy atom. The molecule has 1 saturated heterocycles. The molecule has 1 fully saturated rings. The molecule has 102 valence electrons. The number of hydrogen-bond acceptors (Lipinski definition) is 6. The zero-order valence-corrected chi connectivity index (χ0v) is 11.1. The van der Waals surface area contributed by atoms with Crippen molar-refractivity contribution >= 4 is 5.95 Å². The van der Waals surface area contributed by atoms with Gasteiger partial charge in [-0.1, -0.05) is 0 Å². The van der Waals surface area contributed by atoms with Crippen LogP contribution in [0.25, 0.3) is 0 Å². The molecule has 0 amide bonds. The lowest BCUT2D eigenvalue weighted by atomic mass is 10.1. The third kappa shape index (κ3) is 4.47. The van der Waals surface area contributed by atoms with Crippen molar-refractivity contribution < 1.29 is 4.74 Å². The maximum atomic E-state index is 8.83. The van der Waals surface area contributed by atoms with E-state index < -0.39 is 0 Å². The van der Waals surface area contributed by atoms with Gasteiger partial charge in [0.25, 0.3) is 0 Å². The van der Waals surface area contributed by atoms with E-state index in [9.17, 15) is 0 Å². The summed E-state index contributed by atoms with van der Waals surface area (Å²) in [7, 11) is 0. The van der Waals surface area contributed by atoms with E-state index in [1.54, 1.807) is 6.07 Å². The number of nitrogens with one attached hydrogen (secondary N) is 2. The Labute approximate surface area is 113 Å². The fourth-order valence-electron chi connectivity index (χ4n) is 2.06. The number of nitriles is 1. The minimum absolute atomic E-state index is 0.358. The summed E-state index contributed by atoms with van der Waals surface area (Å²) in [5.74, 6) is 0.491. The van der Waals surface area contributed by atoms with Crippen LogP contribution in [0, 0.1) is 18.3 Å². The van der Waals surface area contributed by atoms with Crippen molar-refractivity contribution in [3.63, 3.8) is 0 Å². The van der Waals surface area contributed by atoms with E-state index in [0.29, 0.717) is 30.9 Å². The van der Waals surface area contributed by atoms with Crippen molar-refractivity contribution in [2.24, 2.45) is 0 Å². The molecule has 6 nitrogen and oxygen atoms in total. The summed E-state index contributed by atoms with van der Waals surface area (Å²) in [5.41, 5.74) is 1.17. The zero-order chi connectivity index (χ0) is 13.5. The van der Waals surface area contributed by atoms with Gasteiger partial charge in [-0.2, -0.15) is 5.26 Å². The van der Waals surface area contributed by atoms with E-state index >= 15 is 0 Å². The number of nitrogens with zero attached hydrogens (tertiary/aromatic N) is 3. The normalized spacial score (nSPS) is 16.0. The first-order chi connectivity index (χ1) is 9.28. The number of aromatic nitrogens is 2. The van der Waals surface area contributed by atoms with Crippen molar-refractivity contribution in [3.8, 4) is 6.07 Å². The first-order valence-corrected chi connectivity index (χ1v) is 6.60. The fourth-order valence-corrected chi connectivity index (χ4v) is 2.06. The number of anilines is 1. The molecule has 0 radical (unpaired) electrons. The van der Waals surface area contributed by atoms with Crippen molar-refractivity contribution in [1.29, 1.82) is 5.26 Å². The molecule has 2 N–H and O–H groups in total. The number of ether oxygens (including phenoxy) is 1. The third-order valence-electron chi connectivity index (χ3n) is 2.99. The molecular weight excluding hydrogens is 242 g/mol. The molecule has 0 atom stereocenters. The van der Waals surface area contributed by atoms with Gasteiger partial charge in [-0.15, -0.1) is 0 Å². The van der Waals surface area contributed by atoms with E-state index in [2.05, 4.69) is 20.6 Å². The van der Waals surface area contributed by atoms with Gasteiger partial charge < -0.3 is 15.4 Å². The van der Waals surface area contributed by atoms with Gasteiger partial charge >= 0.3 is 0 Å². The van der Waals surface area contributed by atoms with Crippen LogP contribution in [0.2, 0.25) is 0 Å². The molecule has 1 aliphatic heterocycles. The summed E-state index contributed by atoms with van der Waals surface area (Å²) in [5, 5.41) is 15.2. The molecule has 1 aromatic heterocycles. The first-order valence-electron chi connectivity index (χ1n) is 6.60. The maximum absolute atomic E-state index is 8.83. The Morgan fingerprint density at radius 1 is 1.47 bits per heavy atom. The molecule has 0 unspecified atom stereocenters. The number of aryl methyl sites for hydroxylation is 1. The smallest absolute Gasteiger partial charge is 0.224 e. The Hall–Kier alpha value is -1.71. The summed E-state index contributed by atoms with van der Waals surface area (Å²) in [6, 6.07) is 3.68. The maximum Gasteiger partial charge on any atom is 0.224 e. The molecule has 6 heteroatoms. The summed E-state index contributed by atoms with van der Waals surface area (Å²) in [4.78, 5) is 8.31. The summed E-state index contributed by atoms with van der Waals surface area (Å²) >= 11 is 0. The van der Waals surface area contributed by atoms with Crippen LogP contribution in [0.4, 0.5) is 5.95 Å². The van der Waals surface area contributed by atoms with Crippen molar-refractivity contribution in [1.82, 2.24) is 15.3 Å². The Morgan fingerprint density at radius 3 is 3.00 bits per heavy atom. The molecule has 0 bridgehead atoms. The average molecular weight is 261 g/mol. The van der Waals surface area contributed by atoms with Crippen LogP contribution >= 0.6 is 0 Å². The van der Waals surface area contributed by atoms with E-state index in [0.717, 1.165) is 31.6 Å².